The highest BCUT2D eigenvalue weighted by Gasteiger charge is 2.35. The SMILES string of the molecule is NC(c1ccc(F)c(C(F)(F)F)c1)C1COCCO1. The third-order valence-electron chi connectivity index (χ3n) is 2.92. The average molecular weight is 279 g/mol. The Balaban J connectivity index is 2.24. The minimum Gasteiger partial charge on any atom is -0.376 e. The van der Waals surface area contributed by atoms with E-state index in [4.69, 9.17) is 15.2 Å². The van der Waals surface area contributed by atoms with Crippen molar-refractivity contribution < 1.29 is 27.0 Å². The first-order valence-electron chi connectivity index (χ1n) is 5.71. The molecule has 1 aromatic rings. The zero-order valence-corrected chi connectivity index (χ0v) is 9.91. The minimum atomic E-state index is -4.75. The normalized spacial score (nSPS) is 22.3. The Morgan fingerprint density at radius 1 is 1.26 bits per heavy atom. The molecule has 1 fully saturated rings. The summed E-state index contributed by atoms with van der Waals surface area (Å²) in [7, 11) is 0. The van der Waals surface area contributed by atoms with Gasteiger partial charge in [-0.1, -0.05) is 6.07 Å². The number of rotatable bonds is 2. The fraction of sp³-hybridized carbons (Fsp3) is 0.500. The number of halogens is 4. The van der Waals surface area contributed by atoms with E-state index in [2.05, 4.69) is 0 Å². The number of ether oxygens (including phenoxy) is 2. The predicted octanol–water partition coefficient (Wildman–Crippen LogP) is 2.26. The quantitative estimate of drug-likeness (QED) is 0.845. The number of hydrogen-bond acceptors (Lipinski definition) is 3. The molecule has 1 aromatic carbocycles. The number of hydrogen-bond donors (Lipinski definition) is 1. The summed E-state index contributed by atoms with van der Waals surface area (Å²) in [4.78, 5) is 0. The fourth-order valence-corrected chi connectivity index (χ4v) is 1.90. The molecular formula is C12H13F4NO2. The second-order valence-electron chi connectivity index (χ2n) is 4.25. The molecule has 2 atom stereocenters. The predicted molar refractivity (Wildman–Crippen MR) is 58.9 cm³/mol. The van der Waals surface area contributed by atoms with Crippen molar-refractivity contribution in [3.63, 3.8) is 0 Å². The Bertz CT molecular complexity index is 444. The summed E-state index contributed by atoms with van der Waals surface area (Å²) in [5.74, 6) is -1.32. The van der Waals surface area contributed by atoms with Crippen LogP contribution in [-0.4, -0.2) is 25.9 Å². The Kier molecular flexibility index (Phi) is 4.07. The molecule has 1 saturated heterocycles. The molecule has 2 rings (SSSR count). The molecule has 1 aliphatic rings. The van der Waals surface area contributed by atoms with Crippen molar-refractivity contribution in [1.82, 2.24) is 0 Å². The van der Waals surface area contributed by atoms with Crippen molar-refractivity contribution in [3.05, 3.63) is 35.1 Å². The Labute approximate surface area is 107 Å². The second kappa shape index (κ2) is 5.44. The highest BCUT2D eigenvalue weighted by molar-refractivity contribution is 5.30. The maximum Gasteiger partial charge on any atom is 0.419 e. The number of benzene rings is 1. The molecule has 19 heavy (non-hydrogen) atoms. The highest BCUT2D eigenvalue weighted by Crippen LogP contribution is 2.33. The van der Waals surface area contributed by atoms with Gasteiger partial charge in [-0.3, -0.25) is 0 Å². The summed E-state index contributed by atoms with van der Waals surface area (Å²) in [5.41, 5.74) is 4.69. The standard InChI is InChI=1S/C12H13F4NO2/c13-9-2-1-7(5-8(9)12(14,15)16)11(17)10-6-18-3-4-19-10/h1-2,5,10-11H,3-4,6,17H2. The fourth-order valence-electron chi connectivity index (χ4n) is 1.90. The Morgan fingerprint density at radius 2 is 2.00 bits per heavy atom. The molecule has 1 aliphatic heterocycles. The summed E-state index contributed by atoms with van der Waals surface area (Å²) in [6.45, 7) is 0.978. The number of alkyl halides is 3. The molecule has 7 heteroatoms. The highest BCUT2D eigenvalue weighted by atomic mass is 19.4. The molecule has 1 heterocycles. The van der Waals surface area contributed by atoms with Gasteiger partial charge in [0, 0.05) is 0 Å². The van der Waals surface area contributed by atoms with E-state index in [0.29, 0.717) is 13.2 Å². The zero-order valence-electron chi connectivity index (χ0n) is 9.91. The van der Waals surface area contributed by atoms with Crippen LogP contribution in [0.15, 0.2) is 18.2 Å². The summed E-state index contributed by atoms with van der Waals surface area (Å²) < 4.78 is 61.4. The van der Waals surface area contributed by atoms with Crippen molar-refractivity contribution in [2.45, 2.75) is 18.3 Å². The molecule has 0 saturated carbocycles. The lowest BCUT2D eigenvalue weighted by molar-refractivity contribution is -0.140. The third kappa shape index (κ3) is 3.23. The summed E-state index contributed by atoms with van der Waals surface area (Å²) in [6, 6.07) is 1.93. The van der Waals surface area contributed by atoms with Crippen molar-refractivity contribution in [3.8, 4) is 0 Å². The summed E-state index contributed by atoms with van der Waals surface area (Å²) >= 11 is 0. The van der Waals surface area contributed by atoms with Gasteiger partial charge in [0.25, 0.3) is 0 Å². The van der Waals surface area contributed by atoms with E-state index in [9.17, 15) is 17.6 Å². The molecule has 2 unspecified atom stereocenters. The van der Waals surface area contributed by atoms with E-state index in [1.165, 1.54) is 6.07 Å². The van der Waals surface area contributed by atoms with Gasteiger partial charge in [-0.05, 0) is 17.7 Å². The van der Waals surface area contributed by atoms with Gasteiger partial charge in [0.15, 0.2) is 0 Å². The molecular weight excluding hydrogens is 266 g/mol. The van der Waals surface area contributed by atoms with Crippen LogP contribution in [0.2, 0.25) is 0 Å². The maximum atomic E-state index is 13.2. The van der Waals surface area contributed by atoms with Crippen LogP contribution in [0.3, 0.4) is 0 Å². The van der Waals surface area contributed by atoms with Crippen LogP contribution in [-0.2, 0) is 15.7 Å². The Morgan fingerprint density at radius 3 is 2.58 bits per heavy atom. The van der Waals surface area contributed by atoms with Gasteiger partial charge in [0.05, 0.1) is 31.4 Å². The third-order valence-corrected chi connectivity index (χ3v) is 2.92. The van der Waals surface area contributed by atoms with E-state index >= 15 is 0 Å². The van der Waals surface area contributed by atoms with Gasteiger partial charge in [0.1, 0.15) is 11.9 Å². The van der Waals surface area contributed by atoms with Crippen molar-refractivity contribution in [1.29, 1.82) is 0 Å². The van der Waals surface area contributed by atoms with Crippen LogP contribution < -0.4 is 5.73 Å². The van der Waals surface area contributed by atoms with E-state index < -0.39 is 29.7 Å². The summed E-state index contributed by atoms with van der Waals surface area (Å²) in [6.07, 6.45) is -5.27. The lowest BCUT2D eigenvalue weighted by Gasteiger charge is -2.28. The van der Waals surface area contributed by atoms with Crippen LogP contribution >= 0.6 is 0 Å². The van der Waals surface area contributed by atoms with Crippen LogP contribution in [0.5, 0.6) is 0 Å². The van der Waals surface area contributed by atoms with Crippen LogP contribution in [0, 0.1) is 5.82 Å². The van der Waals surface area contributed by atoms with E-state index in [-0.39, 0.29) is 12.2 Å². The number of nitrogens with two attached hydrogens (primary N) is 1. The lowest BCUT2D eigenvalue weighted by Crippen LogP contribution is -2.37. The topological polar surface area (TPSA) is 44.5 Å². The first-order valence-corrected chi connectivity index (χ1v) is 5.71. The molecule has 0 spiro atoms. The van der Waals surface area contributed by atoms with Gasteiger partial charge in [-0.2, -0.15) is 13.2 Å². The lowest BCUT2D eigenvalue weighted by atomic mass is 9.99. The van der Waals surface area contributed by atoms with Gasteiger partial charge >= 0.3 is 6.18 Å². The monoisotopic (exact) mass is 279 g/mol. The van der Waals surface area contributed by atoms with Crippen molar-refractivity contribution in [2.24, 2.45) is 5.73 Å². The van der Waals surface area contributed by atoms with Gasteiger partial charge < -0.3 is 15.2 Å². The molecule has 0 bridgehead atoms. The van der Waals surface area contributed by atoms with E-state index in [1.807, 2.05) is 0 Å². The molecule has 106 valence electrons. The molecule has 0 radical (unpaired) electrons. The van der Waals surface area contributed by atoms with Gasteiger partial charge in [-0.25, -0.2) is 4.39 Å². The van der Waals surface area contributed by atoms with Gasteiger partial charge in [-0.15, -0.1) is 0 Å². The average Bonchev–Trinajstić information content (AvgIpc) is 2.38. The largest absolute Gasteiger partial charge is 0.419 e. The smallest absolute Gasteiger partial charge is 0.376 e. The summed E-state index contributed by atoms with van der Waals surface area (Å²) in [5, 5.41) is 0. The maximum absolute atomic E-state index is 13.2. The van der Waals surface area contributed by atoms with E-state index in [1.54, 1.807) is 0 Å². The molecule has 3 nitrogen and oxygen atoms in total. The molecule has 0 aromatic heterocycles. The van der Waals surface area contributed by atoms with Crippen LogP contribution in [0.4, 0.5) is 17.6 Å². The zero-order chi connectivity index (χ0) is 14.0. The van der Waals surface area contributed by atoms with Gasteiger partial charge in [0.2, 0.25) is 0 Å². The first-order chi connectivity index (χ1) is 8.89. The molecule has 0 amide bonds. The van der Waals surface area contributed by atoms with Crippen molar-refractivity contribution >= 4 is 0 Å². The van der Waals surface area contributed by atoms with Crippen molar-refractivity contribution in [2.75, 3.05) is 19.8 Å². The van der Waals surface area contributed by atoms with Crippen LogP contribution in [0.1, 0.15) is 17.2 Å². The molecule has 2 N–H and O–H groups in total. The first kappa shape index (κ1) is 14.2. The van der Waals surface area contributed by atoms with E-state index in [0.717, 1.165) is 12.1 Å². The van der Waals surface area contributed by atoms with Crippen LogP contribution in [0.25, 0.3) is 0 Å². The Hall–Kier alpha value is -1.18. The molecule has 0 aliphatic carbocycles. The second-order valence-corrected chi connectivity index (χ2v) is 4.25. The minimum absolute atomic E-state index is 0.171.